The highest BCUT2D eigenvalue weighted by molar-refractivity contribution is 4.35. The second kappa shape index (κ2) is 3.92. The lowest BCUT2D eigenvalue weighted by Crippen LogP contribution is -1.70. The molecule has 0 aromatic heterocycles. The van der Waals surface area contributed by atoms with Crippen molar-refractivity contribution < 1.29 is 10.1 Å². The Morgan fingerprint density at radius 2 is 2.60 bits per heavy atom. The van der Waals surface area contributed by atoms with Crippen molar-refractivity contribution in [1.29, 1.82) is 0 Å². The Balaban J connectivity index is 2.19. The van der Waals surface area contributed by atoms with Crippen LogP contribution in [0.15, 0.2) is 0 Å². The minimum atomic E-state index is 0.684. The molecule has 0 bridgehead atoms. The molecule has 0 atom stereocenters. The predicted octanol–water partition coefficient (Wildman–Crippen LogP) is 0.920. The fourth-order valence-electron chi connectivity index (χ4n) is 0.0680. The molecule has 0 spiro atoms. The highest BCUT2D eigenvalue weighted by Crippen LogP contribution is 1.79. The molecule has 0 aliphatic rings. The zero-order valence-electron chi connectivity index (χ0n) is 3.10. The fourth-order valence-corrected chi connectivity index (χ4v) is 0.0680. The van der Waals surface area contributed by atoms with Crippen molar-refractivity contribution in [3.05, 3.63) is 6.61 Å². The van der Waals surface area contributed by atoms with E-state index in [9.17, 15) is 0 Å². The van der Waals surface area contributed by atoms with Crippen LogP contribution in [0.5, 0.6) is 0 Å². The summed E-state index contributed by atoms with van der Waals surface area (Å²) < 4.78 is 0. The van der Waals surface area contributed by atoms with E-state index in [4.69, 9.17) is 5.26 Å². The minimum Gasteiger partial charge on any atom is -0.198 e. The lowest BCUT2D eigenvalue weighted by Gasteiger charge is -1.76. The van der Waals surface area contributed by atoms with Crippen LogP contribution in [0.1, 0.15) is 13.3 Å². The first-order valence-electron chi connectivity index (χ1n) is 1.52. The third kappa shape index (κ3) is 3.92. The third-order valence-corrected chi connectivity index (χ3v) is 0.235. The van der Waals surface area contributed by atoms with Crippen LogP contribution >= 0.6 is 0 Å². The topological polar surface area (TPSA) is 29.1 Å². The smallest absolute Gasteiger partial charge is 0.125 e. The second-order valence-electron chi connectivity index (χ2n) is 0.671. The van der Waals surface area contributed by atoms with Gasteiger partial charge in [0, 0.05) is 0 Å². The van der Waals surface area contributed by atoms with Gasteiger partial charge < -0.3 is 0 Å². The molecule has 0 heterocycles. The first-order valence-corrected chi connectivity index (χ1v) is 1.52. The van der Waals surface area contributed by atoms with Crippen molar-refractivity contribution in [1.82, 2.24) is 0 Å². The molecular weight excluding hydrogens is 68.0 g/mol. The average Bonchev–Trinajstić information content (AvgIpc) is 1.41. The van der Waals surface area contributed by atoms with Crippen LogP contribution in [0.25, 0.3) is 0 Å². The third-order valence-electron chi connectivity index (χ3n) is 0.235. The standard InChI is InChI=1S/C3H6O2/c1-2-3-5-4/h3H,2H2,1H3. The van der Waals surface area contributed by atoms with Crippen LogP contribution in [-0.4, -0.2) is 0 Å². The van der Waals surface area contributed by atoms with Gasteiger partial charge in [-0.15, -0.1) is 0 Å². The molecule has 0 aliphatic heterocycles. The van der Waals surface area contributed by atoms with Crippen molar-refractivity contribution in [2.45, 2.75) is 13.3 Å². The van der Waals surface area contributed by atoms with E-state index in [2.05, 4.69) is 4.89 Å². The summed E-state index contributed by atoms with van der Waals surface area (Å²) in [7, 11) is 0. The molecule has 5 heavy (non-hydrogen) atoms. The molecule has 0 unspecified atom stereocenters. The summed E-state index contributed by atoms with van der Waals surface area (Å²) in [6, 6.07) is 0. The van der Waals surface area contributed by atoms with Gasteiger partial charge in [-0.3, -0.25) is 0 Å². The van der Waals surface area contributed by atoms with Gasteiger partial charge in [0.2, 0.25) is 0 Å². The fraction of sp³-hybridized carbons (Fsp3) is 0.667. The minimum absolute atomic E-state index is 0.684. The summed E-state index contributed by atoms with van der Waals surface area (Å²) in [4.78, 5) is 3.32. The molecule has 0 rings (SSSR count). The Bertz CT molecular complexity index is 12.4. The number of hydrogen-bond acceptors (Lipinski definition) is 1. The van der Waals surface area contributed by atoms with E-state index in [-0.39, 0.29) is 0 Å². The average molecular weight is 74.1 g/mol. The summed E-state index contributed by atoms with van der Waals surface area (Å²) >= 11 is 0. The molecule has 0 aromatic carbocycles. The molecule has 0 aliphatic carbocycles. The van der Waals surface area contributed by atoms with E-state index in [1.807, 2.05) is 6.92 Å². The molecule has 0 amide bonds. The summed E-state index contributed by atoms with van der Waals surface area (Å²) in [5.74, 6) is 0. The Morgan fingerprint density at radius 1 is 2.00 bits per heavy atom. The van der Waals surface area contributed by atoms with Crippen molar-refractivity contribution in [2.75, 3.05) is 0 Å². The van der Waals surface area contributed by atoms with E-state index in [0.717, 1.165) is 0 Å². The zero-order chi connectivity index (χ0) is 4.12. The number of rotatable bonds is 2. The predicted molar refractivity (Wildman–Crippen MR) is 16.4 cm³/mol. The van der Waals surface area contributed by atoms with E-state index >= 15 is 0 Å². The Morgan fingerprint density at radius 3 is 2.60 bits per heavy atom. The van der Waals surface area contributed by atoms with Gasteiger partial charge in [-0.25, -0.2) is 0 Å². The SMILES string of the molecule is CC[CH]O[O]. The first-order chi connectivity index (χ1) is 2.41. The van der Waals surface area contributed by atoms with Crippen LogP contribution in [0, 0.1) is 6.61 Å². The molecule has 0 aromatic rings. The van der Waals surface area contributed by atoms with Crippen LogP contribution < -0.4 is 0 Å². The maximum atomic E-state index is 8.97. The molecule has 0 N–H and O–H groups in total. The van der Waals surface area contributed by atoms with Gasteiger partial charge in [0.1, 0.15) is 6.61 Å². The zero-order valence-corrected chi connectivity index (χ0v) is 3.10. The summed E-state index contributed by atoms with van der Waals surface area (Å²) in [6.07, 6.45) is 0.684. The maximum Gasteiger partial charge on any atom is 0.125 e. The summed E-state index contributed by atoms with van der Waals surface area (Å²) in [5, 5.41) is 8.97. The van der Waals surface area contributed by atoms with Crippen LogP contribution in [-0.2, 0) is 10.1 Å². The summed E-state index contributed by atoms with van der Waals surface area (Å²) in [6.45, 7) is 3.03. The molecule has 30 valence electrons. The molecule has 2 heteroatoms. The molecule has 0 saturated heterocycles. The Labute approximate surface area is 31.3 Å². The normalized spacial score (nSPS) is 8.40. The second-order valence-corrected chi connectivity index (χ2v) is 0.671. The lowest BCUT2D eigenvalue weighted by molar-refractivity contribution is -0.276. The molecule has 2 radical (unpaired) electrons. The van der Waals surface area contributed by atoms with Gasteiger partial charge >= 0.3 is 0 Å². The van der Waals surface area contributed by atoms with E-state index < -0.39 is 0 Å². The van der Waals surface area contributed by atoms with Gasteiger partial charge in [-0.1, -0.05) is 6.92 Å². The number of hydrogen-bond donors (Lipinski definition) is 0. The quantitative estimate of drug-likeness (QED) is 0.353. The van der Waals surface area contributed by atoms with Crippen molar-refractivity contribution in [3.8, 4) is 0 Å². The molecular formula is C3H6O2. The van der Waals surface area contributed by atoms with E-state index in [1.165, 1.54) is 6.61 Å². The largest absolute Gasteiger partial charge is 0.198 e. The van der Waals surface area contributed by atoms with E-state index in [0.29, 0.717) is 6.42 Å². The lowest BCUT2D eigenvalue weighted by atomic mass is 10.5. The van der Waals surface area contributed by atoms with E-state index in [1.54, 1.807) is 0 Å². The van der Waals surface area contributed by atoms with Gasteiger partial charge in [0.15, 0.2) is 0 Å². The summed E-state index contributed by atoms with van der Waals surface area (Å²) in [5.41, 5.74) is 0. The monoisotopic (exact) mass is 74.0 g/mol. The first kappa shape index (κ1) is 4.92. The van der Waals surface area contributed by atoms with Gasteiger partial charge in [0.05, 0.1) is 0 Å². The van der Waals surface area contributed by atoms with Crippen LogP contribution in [0.3, 0.4) is 0 Å². The van der Waals surface area contributed by atoms with Gasteiger partial charge in [-0.05, 0) is 11.7 Å². The Kier molecular flexibility index (Phi) is 3.86. The molecule has 0 saturated carbocycles. The van der Waals surface area contributed by atoms with Gasteiger partial charge in [-0.2, -0.15) is 4.89 Å². The molecule has 0 fully saturated rings. The van der Waals surface area contributed by atoms with Crippen LogP contribution in [0.2, 0.25) is 0 Å². The highest BCUT2D eigenvalue weighted by Gasteiger charge is 1.72. The highest BCUT2D eigenvalue weighted by atomic mass is 17.1. The maximum absolute atomic E-state index is 8.97. The molecule has 2 nitrogen and oxygen atoms in total. The van der Waals surface area contributed by atoms with Crippen molar-refractivity contribution >= 4 is 0 Å². The van der Waals surface area contributed by atoms with Crippen molar-refractivity contribution in [3.63, 3.8) is 0 Å². The van der Waals surface area contributed by atoms with Crippen molar-refractivity contribution in [2.24, 2.45) is 0 Å². The van der Waals surface area contributed by atoms with Gasteiger partial charge in [0.25, 0.3) is 0 Å². The van der Waals surface area contributed by atoms with Crippen LogP contribution in [0.4, 0.5) is 0 Å². The Hall–Kier alpha value is -0.0800.